The molecule has 0 amide bonds. The first kappa shape index (κ1) is 17.6. The molecule has 23 heavy (non-hydrogen) atoms. The molecule has 0 spiro atoms. The molecule has 0 aliphatic heterocycles. The summed E-state index contributed by atoms with van der Waals surface area (Å²) in [5.74, 6) is 0.0161. The highest BCUT2D eigenvalue weighted by Crippen LogP contribution is 2.26. The van der Waals surface area contributed by atoms with Gasteiger partial charge in [0, 0.05) is 21.7 Å². The summed E-state index contributed by atoms with van der Waals surface area (Å²) in [6.45, 7) is 6.39. The van der Waals surface area contributed by atoms with Gasteiger partial charge in [-0.05, 0) is 41.3 Å². The van der Waals surface area contributed by atoms with Gasteiger partial charge in [0.25, 0.3) is 0 Å². The molecule has 0 radical (unpaired) electrons. The van der Waals surface area contributed by atoms with Gasteiger partial charge in [0.05, 0.1) is 0 Å². The molecule has 2 aromatic rings. The maximum Gasteiger partial charge on any atom is 0.336 e. The molecular formula is C19H18Cl2O2. The Morgan fingerprint density at radius 1 is 1.00 bits per heavy atom. The second-order valence-corrected chi connectivity index (χ2v) is 6.98. The van der Waals surface area contributed by atoms with E-state index < -0.39 is 5.97 Å². The number of rotatable bonds is 3. The minimum absolute atomic E-state index is 0.0588. The van der Waals surface area contributed by atoms with Crippen molar-refractivity contribution in [2.24, 2.45) is 0 Å². The summed E-state index contributed by atoms with van der Waals surface area (Å²) in [7, 11) is 0. The van der Waals surface area contributed by atoms with Gasteiger partial charge in [0.1, 0.15) is 5.75 Å². The number of ether oxygens (including phenoxy) is 1. The first-order valence-electron chi connectivity index (χ1n) is 7.22. The number of carbonyl (C=O) groups is 1. The minimum Gasteiger partial charge on any atom is -0.423 e. The molecule has 120 valence electrons. The lowest BCUT2D eigenvalue weighted by Gasteiger charge is -2.18. The zero-order valence-corrected chi connectivity index (χ0v) is 14.8. The van der Waals surface area contributed by atoms with Crippen molar-refractivity contribution in [2.75, 3.05) is 0 Å². The monoisotopic (exact) mass is 348 g/mol. The predicted molar refractivity (Wildman–Crippen MR) is 96.3 cm³/mol. The van der Waals surface area contributed by atoms with Gasteiger partial charge in [0.2, 0.25) is 0 Å². The molecule has 0 aromatic heterocycles. The average Bonchev–Trinajstić information content (AvgIpc) is 2.46. The highest BCUT2D eigenvalue weighted by Gasteiger charge is 2.13. The molecule has 0 atom stereocenters. The van der Waals surface area contributed by atoms with Crippen molar-refractivity contribution in [2.45, 2.75) is 26.2 Å². The number of hydrogen-bond acceptors (Lipinski definition) is 2. The normalized spacial score (nSPS) is 11.7. The van der Waals surface area contributed by atoms with Crippen LogP contribution < -0.4 is 4.74 Å². The Bertz CT molecular complexity index is 706. The van der Waals surface area contributed by atoms with Crippen molar-refractivity contribution >= 4 is 35.2 Å². The molecule has 2 nitrogen and oxygen atoms in total. The lowest BCUT2D eigenvalue weighted by molar-refractivity contribution is -0.128. The van der Waals surface area contributed by atoms with Crippen LogP contribution in [0.4, 0.5) is 0 Å². The Morgan fingerprint density at radius 2 is 1.57 bits per heavy atom. The van der Waals surface area contributed by atoms with Crippen LogP contribution in [-0.4, -0.2) is 5.97 Å². The SMILES string of the molecule is CC(C)(C)c1ccc(OC(=O)/C=C/c2c(Cl)cccc2Cl)cc1. The highest BCUT2D eigenvalue weighted by atomic mass is 35.5. The highest BCUT2D eigenvalue weighted by molar-refractivity contribution is 6.37. The maximum absolute atomic E-state index is 11.9. The first-order valence-corrected chi connectivity index (χ1v) is 7.97. The molecule has 0 heterocycles. The number of hydrogen-bond donors (Lipinski definition) is 0. The van der Waals surface area contributed by atoms with Gasteiger partial charge < -0.3 is 4.74 Å². The average molecular weight is 349 g/mol. The quantitative estimate of drug-likeness (QED) is 0.391. The van der Waals surface area contributed by atoms with Gasteiger partial charge in [-0.2, -0.15) is 0 Å². The minimum atomic E-state index is -0.482. The van der Waals surface area contributed by atoms with Crippen LogP contribution in [-0.2, 0) is 10.2 Å². The van der Waals surface area contributed by atoms with Crippen molar-refractivity contribution in [3.8, 4) is 5.75 Å². The summed E-state index contributed by atoms with van der Waals surface area (Å²) in [6.07, 6.45) is 2.86. The van der Waals surface area contributed by atoms with E-state index in [4.69, 9.17) is 27.9 Å². The Balaban J connectivity index is 2.06. The molecule has 0 N–H and O–H groups in total. The number of carbonyl (C=O) groups excluding carboxylic acids is 1. The smallest absolute Gasteiger partial charge is 0.336 e. The van der Waals surface area contributed by atoms with E-state index in [2.05, 4.69) is 20.8 Å². The standard InChI is InChI=1S/C19H18Cl2O2/c1-19(2,3)13-7-9-14(10-8-13)23-18(22)12-11-15-16(20)5-4-6-17(15)21/h4-12H,1-3H3/b12-11+. The maximum atomic E-state index is 11.9. The second-order valence-electron chi connectivity index (χ2n) is 6.16. The summed E-state index contributed by atoms with van der Waals surface area (Å²) < 4.78 is 5.27. The van der Waals surface area contributed by atoms with E-state index in [0.717, 1.165) is 0 Å². The summed E-state index contributed by atoms with van der Waals surface area (Å²) in [6, 6.07) is 12.7. The van der Waals surface area contributed by atoms with E-state index in [-0.39, 0.29) is 5.41 Å². The lowest BCUT2D eigenvalue weighted by atomic mass is 9.87. The van der Waals surface area contributed by atoms with Gasteiger partial charge >= 0.3 is 5.97 Å². The number of benzene rings is 2. The molecule has 0 aliphatic carbocycles. The molecule has 2 aromatic carbocycles. The van der Waals surface area contributed by atoms with E-state index >= 15 is 0 Å². The van der Waals surface area contributed by atoms with Crippen LogP contribution in [0, 0.1) is 0 Å². The zero-order valence-electron chi connectivity index (χ0n) is 13.3. The van der Waals surface area contributed by atoms with Crippen LogP contribution in [0.25, 0.3) is 6.08 Å². The fraction of sp³-hybridized carbons (Fsp3) is 0.211. The third-order valence-corrected chi connectivity index (χ3v) is 3.98. The Kier molecular flexibility index (Phi) is 5.51. The molecule has 2 rings (SSSR count). The summed E-state index contributed by atoms with van der Waals surface area (Å²) >= 11 is 12.1. The van der Waals surface area contributed by atoms with Gasteiger partial charge in [-0.3, -0.25) is 0 Å². The Hall–Kier alpha value is -1.77. The van der Waals surface area contributed by atoms with E-state index in [1.165, 1.54) is 11.6 Å². The van der Waals surface area contributed by atoms with Gasteiger partial charge in [-0.1, -0.05) is 62.2 Å². The molecule has 0 bridgehead atoms. The molecular weight excluding hydrogens is 331 g/mol. The van der Waals surface area contributed by atoms with Crippen LogP contribution in [0.1, 0.15) is 31.9 Å². The fourth-order valence-electron chi connectivity index (χ4n) is 1.99. The summed E-state index contributed by atoms with van der Waals surface area (Å²) in [4.78, 5) is 11.9. The fourth-order valence-corrected chi connectivity index (χ4v) is 2.52. The van der Waals surface area contributed by atoms with Crippen molar-refractivity contribution in [1.82, 2.24) is 0 Å². The van der Waals surface area contributed by atoms with Crippen LogP contribution >= 0.6 is 23.2 Å². The lowest BCUT2D eigenvalue weighted by Crippen LogP contribution is -2.11. The van der Waals surface area contributed by atoms with E-state index in [0.29, 0.717) is 21.4 Å². The Morgan fingerprint density at radius 3 is 2.09 bits per heavy atom. The summed E-state index contributed by atoms with van der Waals surface area (Å²) in [5.41, 5.74) is 1.83. The molecule has 0 aliphatic rings. The van der Waals surface area contributed by atoms with Gasteiger partial charge in [-0.25, -0.2) is 4.79 Å². The van der Waals surface area contributed by atoms with E-state index in [1.807, 2.05) is 12.1 Å². The molecule has 4 heteroatoms. The Labute approximate surface area is 146 Å². The van der Waals surface area contributed by atoms with E-state index in [9.17, 15) is 4.79 Å². The van der Waals surface area contributed by atoms with Crippen molar-refractivity contribution in [1.29, 1.82) is 0 Å². The third-order valence-electron chi connectivity index (χ3n) is 3.32. The third kappa shape index (κ3) is 4.85. The van der Waals surface area contributed by atoms with Crippen molar-refractivity contribution < 1.29 is 9.53 Å². The van der Waals surface area contributed by atoms with Crippen LogP contribution in [0.5, 0.6) is 5.75 Å². The second kappa shape index (κ2) is 7.20. The molecule has 0 saturated heterocycles. The largest absolute Gasteiger partial charge is 0.423 e. The predicted octanol–water partition coefficient (Wildman–Crippen LogP) is 5.91. The van der Waals surface area contributed by atoms with Crippen molar-refractivity contribution in [3.63, 3.8) is 0 Å². The first-order chi connectivity index (χ1) is 10.8. The number of halogens is 2. The summed E-state index contributed by atoms with van der Waals surface area (Å²) in [5, 5.41) is 0.965. The van der Waals surface area contributed by atoms with Crippen molar-refractivity contribution in [3.05, 3.63) is 69.7 Å². The van der Waals surface area contributed by atoms with Crippen LogP contribution in [0.2, 0.25) is 10.0 Å². The topological polar surface area (TPSA) is 26.3 Å². The molecule has 0 unspecified atom stereocenters. The molecule has 0 fully saturated rings. The van der Waals surface area contributed by atoms with Crippen LogP contribution in [0.15, 0.2) is 48.5 Å². The van der Waals surface area contributed by atoms with Crippen LogP contribution in [0.3, 0.4) is 0 Å². The molecule has 0 saturated carbocycles. The number of esters is 1. The zero-order chi connectivity index (χ0) is 17.0. The van der Waals surface area contributed by atoms with Gasteiger partial charge in [0.15, 0.2) is 0 Å². The van der Waals surface area contributed by atoms with E-state index in [1.54, 1.807) is 36.4 Å². The van der Waals surface area contributed by atoms with Gasteiger partial charge in [-0.15, -0.1) is 0 Å².